The summed E-state index contributed by atoms with van der Waals surface area (Å²) in [4.78, 5) is 12.5. The number of nitrogens with zero attached hydrogens (tertiary/aromatic N) is 1. The molecule has 0 bridgehead atoms. The van der Waals surface area contributed by atoms with E-state index in [9.17, 15) is 9.36 Å². The highest BCUT2D eigenvalue weighted by Gasteiger charge is 2.34. The van der Waals surface area contributed by atoms with Crippen LogP contribution in [0.25, 0.3) is 0 Å². The van der Waals surface area contributed by atoms with E-state index in [1.807, 2.05) is 0 Å². The van der Waals surface area contributed by atoms with Crippen molar-refractivity contribution in [2.24, 2.45) is 5.92 Å². The summed E-state index contributed by atoms with van der Waals surface area (Å²) in [5.74, 6) is 0.978. The largest absolute Gasteiger partial charge is 0.294 e. The Hall–Kier alpha value is 0.0100. The van der Waals surface area contributed by atoms with E-state index in [0.29, 0.717) is 0 Å². The Kier molecular flexibility index (Phi) is 8.23. The standard InChI is InChI=1S/C14H29N2O2PS/c1-4-5-9-12-20-19(18,15-2)16(3)14(17)13-10-7-6-8-11-13/h13H,4-12H2,1-3H3,(H,15,18). The van der Waals surface area contributed by atoms with Gasteiger partial charge in [0.05, 0.1) is 0 Å². The monoisotopic (exact) mass is 320 g/mol. The lowest BCUT2D eigenvalue weighted by Crippen LogP contribution is -2.34. The van der Waals surface area contributed by atoms with Crippen molar-refractivity contribution in [1.29, 1.82) is 0 Å². The smallest absolute Gasteiger partial charge is 0.276 e. The van der Waals surface area contributed by atoms with E-state index < -0.39 is 6.65 Å². The molecule has 1 amide bonds. The first-order valence-corrected chi connectivity index (χ1v) is 11.0. The summed E-state index contributed by atoms with van der Waals surface area (Å²) in [5, 5.41) is 2.90. The molecule has 0 aliphatic heterocycles. The minimum absolute atomic E-state index is 0.0605. The van der Waals surface area contributed by atoms with Crippen molar-refractivity contribution in [3.63, 3.8) is 0 Å². The molecule has 1 fully saturated rings. The molecule has 1 rings (SSSR count). The van der Waals surface area contributed by atoms with Crippen LogP contribution in [0, 0.1) is 5.92 Å². The first-order chi connectivity index (χ1) is 9.55. The summed E-state index contributed by atoms with van der Waals surface area (Å²) in [6.45, 7) is -0.650. The summed E-state index contributed by atoms with van der Waals surface area (Å²) in [7, 11) is 3.39. The van der Waals surface area contributed by atoms with Crippen LogP contribution in [0.15, 0.2) is 0 Å². The fourth-order valence-corrected chi connectivity index (χ4v) is 6.47. The van der Waals surface area contributed by atoms with Crippen molar-refractivity contribution in [1.82, 2.24) is 9.76 Å². The second-order valence-electron chi connectivity index (χ2n) is 5.48. The van der Waals surface area contributed by atoms with Crippen molar-refractivity contribution in [3.8, 4) is 0 Å². The molecular weight excluding hydrogens is 291 g/mol. The third kappa shape index (κ3) is 5.09. The number of rotatable bonds is 8. The Morgan fingerprint density at radius 3 is 2.50 bits per heavy atom. The van der Waals surface area contributed by atoms with Gasteiger partial charge in [0.15, 0.2) is 0 Å². The predicted octanol–water partition coefficient (Wildman–Crippen LogP) is 4.28. The molecule has 0 aromatic rings. The van der Waals surface area contributed by atoms with E-state index in [2.05, 4.69) is 12.0 Å². The van der Waals surface area contributed by atoms with Gasteiger partial charge in [-0.3, -0.25) is 14.0 Å². The molecule has 1 unspecified atom stereocenters. The number of nitrogens with one attached hydrogen (secondary N) is 1. The van der Waals surface area contributed by atoms with Crippen LogP contribution in [0.4, 0.5) is 0 Å². The van der Waals surface area contributed by atoms with Crippen LogP contribution in [0.2, 0.25) is 0 Å². The zero-order valence-electron chi connectivity index (χ0n) is 13.1. The molecule has 0 spiro atoms. The Morgan fingerprint density at radius 2 is 1.95 bits per heavy atom. The van der Waals surface area contributed by atoms with Gasteiger partial charge in [-0.2, -0.15) is 0 Å². The van der Waals surface area contributed by atoms with E-state index in [4.69, 9.17) is 0 Å². The molecule has 1 saturated carbocycles. The lowest BCUT2D eigenvalue weighted by molar-refractivity contribution is -0.130. The summed E-state index contributed by atoms with van der Waals surface area (Å²) in [6, 6.07) is 0. The van der Waals surface area contributed by atoms with Crippen molar-refractivity contribution >= 4 is 23.9 Å². The highest BCUT2D eigenvalue weighted by molar-refractivity contribution is 8.56. The van der Waals surface area contributed by atoms with Gasteiger partial charge in [-0.05, 0) is 26.3 Å². The van der Waals surface area contributed by atoms with Crippen molar-refractivity contribution < 1.29 is 9.36 Å². The van der Waals surface area contributed by atoms with E-state index in [1.165, 1.54) is 22.5 Å². The fourth-order valence-electron chi connectivity index (χ4n) is 2.59. The van der Waals surface area contributed by atoms with Gasteiger partial charge in [0.25, 0.3) is 6.65 Å². The Morgan fingerprint density at radius 1 is 1.30 bits per heavy atom. The first kappa shape index (κ1) is 18.1. The molecule has 118 valence electrons. The number of hydrogen-bond acceptors (Lipinski definition) is 3. The number of unbranched alkanes of at least 4 members (excludes halogenated alkanes) is 2. The van der Waals surface area contributed by atoms with E-state index in [0.717, 1.165) is 50.7 Å². The molecule has 0 saturated heterocycles. The lowest BCUT2D eigenvalue weighted by Gasteiger charge is -2.31. The van der Waals surface area contributed by atoms with Crippen LogP contribution in [-0.2, 0) is 9.36 Å². The number of carbonyl (C=O) groups excluding carboxylic acids is 1. The lowest BCUT2D eigenvalue weighted by atomic mass is 9.89. The van der Waals surface area contributed by atoms with Crippen LogP contribution in [0.1, 0.15) is 58.3 Å². The van der Waals surface area contributed by atoms with Crippen molar-refractivity contribution in [2.75, 3.05) is 19.8 Å². The van der Waals surface area contributed by atoms with Crippen LogP contribution in [0.5, 0.6) is 0 Å². The van der Waals surface area contributed by atoms with E-state index >= 15 is 0 Å². The van der Waals surface area contributed by atoms with E-state index in [1.54, 1.807) is 14.1 Å². The topological polar surface area (TPSA) is 49.4 Å². The number of hydrogen-bond donors (Lipinski definition) is 1. The molecule has 0 radical (unpaired) electrons. The molecule has 1 aliphatic rings. The van der Waals surface area contributed by atoms with Gasteiger partial charge >= 0.3 is 0 Å². The fraction of sp³-hybridized carbons (Fsp3) is 0.929. The van der Waals surface area contributed by atoms with Crippen molar-refractivity contribution in [3.05, 3.63) is 0 Å². The minimum Gasteiger partial charge on any atom is -0.276 e. The third-order valence-electron chi connectivity index (χ3n) is 3.97. The molecule has 1 aliphatic carbocycles. The molecule has 1 atom stereocenters. The van der Waals surface area contributed by atoms with Crippen LogP contribution in [0.3, 0.4) is 0 Å². The van der Waals surface area contributed by atoms with Gasteiger partial charge in [0, 0.05) is 18.7 Å². The van der Waals surface area contributed by atoms with Gasteiger partial charge in [-0.1, -0.05) is 50.4 Å². The first-order valence-electron chi connectivity index (χ1n) is 7.76. The Bertz CT molecular complexity index is 346. The van der Waals surface area contributed by atoms with Crippen LogP contribution >= 0.6 is 18.0 Å². The summed E-state index contributed by atoms with van der Waals surface area (Å²) in [5.41, 5.74) is 0. The van der Waals surface area contributed by atoms with Gasteiger partial charge in [0.2, 0.25) is 5.91 Å². The van der Waals surface area contributed by atoms with Gasteiger partial charge in [-0.25, -0.2) is 5.09 Å². The zero-order chi connectivity index (χ0) is 15.0. The molecule has 4 nitrogen and oxygen atoms in total. The van der Waals surface area contributed by atoms with Gasteiger partial charge in [0.1, 0.15) is 0 Å². The Labute approximate surface area is 127 Å². The quantitative estimate of drug-likeness (QED) is 0.536. The molecule has 0 aromatic heterocycles. The highest BCUT2D eigenvalue weighted by atomic mass is 32.7. The minimum atomic E-state index is -2.80. The van der Waals surface area contributed by atoms with Gasteiger partial charge in [-0.15, -0.1) is 0 Å². The van der Waals surface area contributed by atoms with E-state index in [-0.39, 0.29) is 11.8 Å². The molecular formula is C14H29N2O2PS. The predicted molar refractivity (Wildman–Crippen MR) is 88.0 cm³/mol. The molecule has 0 aromatic carbocycles. The third-order valence-corrected chi connectivity index (χ3v) is 9.22. The molecule has 0 heterocycles. The molecule has 20 heavy (non-hydrogen) atoms. The van der Waals surface area contributed by atoms with Gasteiger partial charge < -0.3 is 0 Å². The number of carbonyl (C=O) groups is 1. The molecule has 6 heteroatoms. The zero-order valence-corrected chi connectivity index (χ0v) is 14.8. The normalized spacial score (nSPS) is 19.6. The maximum Gasteiger partial charge on any atom is 0.294 e. The number of amides is 1. The van der Waals surface area contributed by atoms with Crippen LogP contribution < -0.4 is 5.09 Å². The second kappa shape index (κ2) is 9.11. The van der Waals surface area contributed by atoms with Crippen LogP contribution in [-0.4, -0.2) is 30.4 Å². The SMILES string of the molecule is CCCCCSP(=O)(NC)N(C)C(=O)C1CCCCC1. The summed E-state index contributed by atoms with van der Waals surface area (Å²) in [6.07, 6.45) is 8.73. The Balaban J connectivity index is 2.56. The second-order valence-corrected chi connectivity index (χ2v) is 10.5. The maximum absolute atomic E-state index is 12.9. The highest BCUT2D eigenvalue weighted by Crippen LogP contribution is 2.57. The average molecular weight is 320 g/mol. The summed E-state index contributed by atoms with van der Waals surface area (Å²) >= 11 is 1.41. The van der Waals surface area contributed by atoms with Crippen molar-refractivity contribution in [2.45, 2.75) is 58.3 Å². The molecule has 1 N–H and O–H groups in total. The average Bonchev–Trinajstić information content (AvgIpc) is 2.50. The summed E-state index contributed by atoms with van der Waals surface area (Å²) < 4.78 is 14.4. The maximum atomic E-state index is 12.9.